The summed E-state index contributed by atoms with van der Waals surface area (Å²) in [4.78, 5) is 68.4. The highest BCUT2D eigenvalue weighted by Gasteiger charge is 2.50. The Bertz CT molecular complexity index is 1000. The van der Waals surface area contributed by atoms with Gasteiger partial charge in [0, 0.05) is 44.4 Å². The topological polar surface area (TPSA) is 207 Å². The van der Waals surface area contributed by atoms with Crippen LogP contribution in [0.25, 0.3) is 0 Å². The van der Waals surface area contributed by atoms with E-state index in [-0.39, 0.29) is 68.1 Å². The van der Waals surface area contributed by atoms with Crippen LogP contribution in [-0.4, -0.2) is 122 Å². The van der Waals surface area contributed by atoms with E-state index in [2.05, 4.69) is 27.2 Å². The molecule has 2 amide bonds. The lowest BCUT2D eigenvalue weighted by atomic mass is 9.81. The summed E-state index contributed by atoms with van der Waals surface area (Å²) in [6.07, 6.45) is 2.25. The van der Waals surface area contributed by atoms with E-state index in [0.717, 1.165) is 25.7 Å². The average molecular weight is 706 g/mol. The largest absolute Gasteiger partial charge is 0.481 e. The monoisotopic (exact) mass is 705 g/mol. The number of carbonyl (C=O) groups is 6. The molecule has 6 unspecified atom stereocenters. The zero-order valence-electron chi connectivity index (χ0n) is 31.4. The van der Waals surface area contributed by atoms with Gasteiger partial charge in [-0.05, 0) is 47.7 Å². The molecule has 49 heavy (non-hydrogen) atoms. The van der Waals surface area contributed by atoms with Gasteiger partial charge in [-0.25, -0.2) is 9.59 Å². The molecule has 0 spiro atoms. The predicted molar refractivity (Wildman–Crippen MR) is 183 cm³/mol. The van der Waals surface area contributed by atoms with Crippen molar-refractivity contribution in [1.82, 2.24) is 15.5 Å². The van der Waals surface area contributed by atoms with Crippen LogP contribution >= 0.6 is 0 Å². The van der Waals surface area contributed by atoms with E-state index in [1.165, 1.54) is 6.92 Å². The van der Waals surface area contributed by atoms with E-state index in [1.54, 1.807) is 14.0 Å². The molecule has 2 rings (SSSR count). The molecule has 0 aliphatic carbocycles. The number of carboxylic acid groups (broad SMARTS) is 1. The van der Waals surface area contributed by atoms with Gasteiger partial charge in [-0.3, -0.25) is 14.4 Å². The van der Waals surface area contributed by atoms with Crippen molar-refractivity contribution >= 4 is 36.0 Å². The Kier molecular flexibility index (Phi) is 25.2. The van der Waals surface area contributed by atoms with Crippen molar-refractivity contribution in [3.63, 3.8) is 0 Å². The molecular formula is C34H63N3O12. The number of alkyl carbamates (subject to hydrolysis) is 2. The number of rotatable bonds is 16. The Morgan fingerprint density at radius 1 is 1.14 bits per heavy atom. The van der Waals surface area contributed by atoms with Crippen LogP contribution in [-0.2, 0) is 38.1 Å². The fourth-order valence-corrected chi connectivity index (χ4v) is 5.22. The summed E-state index contributed by atoms with van der Waals surface area (Å²) in [6.45, 7) is 15.2. The van der Waals surface area contributed by atoms with Crippen LogP contribution in [0.5, 0.6) is 0 Å². The highest BCUT2D eigenvalue weighted by Crippen LogP contribution is 2.30. The molecule has 15 heteroatoms. The number of nitrogens with zero attached hydrogens (tertiary/aromatic N) is 1. The van der Waals surface area contributed by atoms with Crippen LogP contribution in [0.15, 0.2) is 0 Å². The number of carbonyl (C=O) groups excluding carboxylic acids is 5. The lowest BCUT2D eigenvalue weighted by Crippen LogP contribution is -2.51. The van der Waals surface area contributed by atoms with Crippen LogP contribution < -0.4 is 10.6 Å². The van der Waals surface area contributed by atoms with E-state index in [0.29, 0.717) is 12.3 Å². The molecule has 15 nitrogen and oxygen atoms in total. The first-order valence-electron chi connectivity index (χ1n) is 17.0. The number of methoxy groups -OCH3 is 1. The quantitative estimate of drug-likeness (QED) is 0.134. The van der Waals surface area contributed by atoms with E-state index in [1.807, 2.05) is 48.7 Å². The smallest absolute Gasteiger partial charge is 0.408 e. The lowest BCUT2D eigenvalue weighted by molar-refractivity contribution is -0.172. The summed E-state index contributed by atoms with van der Waals surface area (Å²) in [7, 11) is 5.63. The fourth-order valence-electron chi connectivity index (χ4n) is 5.22. The SMILES string of the molecule is CC.CC(C=O)C(=O)CCOC(=O)NCCC(=O)O.CC1CC(N(C)C)CC(O)O1.CCC[C@@H](C)C(=O)C(C)C1NC(=O)O[C@]1(C)COC. The predicted octanol–water partition coefficient (Wildman–Crippen LogP) is 3.58. The number of aliphatic hydroxyl groups excluding tert-OH is 1. The molecule has 2 saturated heterocycles. The van der Waals surface area contributed by atoms with Gasteiger partial charge in [-0.2, -0.15) is 0 Å². The van der Waals surface area contributed by atoms with Crippen molar-refractivity contribution < 1.29 is 57.9 Å². The Hall–Kier alpha value is -3.14. The van der Waals surface area contributed by atoms with Gasteiger partial charge < -0.3 is 49.5 Å². The minimum absolute atomic E-state index is 0.00398. The van der Waals surface area contributed by atoms with E-state index >= 15 is 0 Å². The maximum Gasteiger partial charge on any atom is 0.408 e. The Morgan fingerprint density at radius 3 is 2.24 bits per heavy atom. The number of aliphatic carboxylic acids is 1. The second kappa shape index (κ2) is 25.8. The first-order chi connectivity index (χ1) is 22.9. The van der Waals surface area contributed by atoms with Crippen molar-refractivity contribution in [2.75, 3.05) is 41.0 Å². The molecule has 0 radical (unpaired) electrons. The molecule has 2 aliphatic rings. The fraction of sp³-hybridized carbons (Fsp3) is 0.824. The minimum atomic E-state index is -1.03. The average Bonchev–Trinajstić information content (AvgIpc) is 3.34. The van der Waals surface area contributed by atoms with Gasteiger partial charge >= 0.3 is 18.2 Å². The van der Waals surface area contributed by atoms with Crippen LogP contribution in [0.2, 0.25) is 0 Å². The number of ether oxygens (including phenoxy) is 4. The molecule has 0 saturated carbocycles. The second-order valence-electron chi connectivity index (χ2n) is 12.5. The zero-order chi connectivity index (χ0) is 38.3. The highest BCUT2D eigenvalue weighted by atomic mass is 16.6. The highest BCUT2D eigenvalue weighted by molar-refractivity contribution is 5.92. The summed E-state index contributed by atoms with van der Waals surface area (Å²) < 4.78 is 20.2. The number of aliphatic hydroxyl groups is 1. The third kappa shape index (κ3) is 19.6. The van der Waals surface area contributed by atoms with Crippen molar-refractivity contribution in [3.8, 4) is 0 Å². The van der Waals surface area contributed by atoms with E-state index in [9.17, 15) is 33.9 Å². The van der Waals surface area contributed by atoms with Gasteiger partial charge in [0.1, 0.15) is 24.5 Å². The van der Waals surface area contributed by atoms with Gasteiger partial charge in [0.15, 0.2) is 11.9 Å². The molecule has 8 atom stereocenters. The molecule has 0 aromatic rings. The lowest BCUT2D eigenvalue weighted by Gasteiger charge is -2.34. The number of hydrogen-bond acceptors (Lipinski definition) is 12. The van der Waals surface area contributed by atoms with Crippen LogP contribution in [0.3, 0.4) is 0 Å². The van der Waals surface area contributed by atoms with Gasteiger partial charge in [-0.15, -0.1) is 0 Å². The maximum absolute atomic E-state index is 12.4. The summed E-state index contributed by atoms with van der Waals surface area (Å²) in [6, 6.07) is 0.125. The Balaban J connectivity index is 0. The summed E-state index contributed by atoms with van der Waals surface area (Å²) in [5.41, 5.74) is -0.785. The maximum atomic E-state index is 12.4. The van der Waals surface area contributed by atoms with Crippen molar-refractivity contribution in [2.45, 2.75) is 124 Å². The third-order valence-corrected chi connectivity index (χ3v) is 7.94. The zero-order valence-corrected chi connectivity index (χ0v) is 31.4. The number of carboxylic acids is 1. The second-order valence-corrected chi connectivity index (χ2v) is 12.5. The Labute approximate surface area is 292 Å². The van der Waals surface area contributed by atoms with E-state index in [4.69, 9.17) is 19.3 Å². The number of amides is 2. The number of nitrogens with one attached hydrogen (secondary N) is 2. The van der Waals surface area contributed by atoms with Crippen LogP contribution in [0.4, 0.5) is 9.59 Å². The molecule has 0 aromatic carbocycles. The molecule has 0 aromatic heterocycles. The standard InChI is InChI=1S/C14H25NO4.C10H15NO6.C8H17NO2.C2H6/c1-6-7-9(2)11(16)10(3)12-14(4,8-18-5)19-13(17)15-12;1-7(6-12)8(13)3-5-17-10(16)11-4-2-9(14)15;1-6-4-7(9(2)3)5-8(10)11-6;1-2/h9-10,12H,6-8H2,1-5H3,(H,15,17);6-7H,2-5H2,1H3,(H,11,16)(H,14,15);6-8,10H,4-5H2,1-3H3;1-2H3/t9-,10?,12?,14-;;;/m1.../s1. The summed E-state index contributed by atoms with van der Waals surface area (Å²) in [5, 5.41) is 22.5. The van der Waals surface area contributed by atoms with Gasteiger partial charge in [0.25, 0.3) is 0 Å². The molecule has 0 bridgehead atoms. The number of hydrogen-bond donors (Lipinski definition) is 4. The molecule has 2 heterocycles. The first kappa shape index (κ1) is 48.0. The molecule has 4 N–H and O–H groups in total. The first-order valence-corrected chi connectivity index (χ1v) is 17.0. The van der Waals surface area contributed by atoms with Crippen molar-refractivity contribution in [1.29, 1.82) is 0 Å². The normalized spacial score (nSPS) is 24.4. The van der Waals surface area contributed by atoms with Crippen LogP contribution in [0.1, 0.15) is 93.9 Å². The number of ketones is 2. The molecule has 286 valence electrons. The van der Waals surface area contributed by atoms with Crippen molar-refractivity contribution in [3.05, 3.63) is 0 Å². The minimum Gasteiger partial charge on any atom is -0.481 e. The number of Topliss-reactive ketones (excluding diaryl/α,β-unsaturated/α-hetero) is 2. The summed E-state index contributed by atoms with van der Waals surface area (Å²) >= 11 is 0. The van der Waals surface area contributed by atoms with Crippen LogP contribution in [0, 0.1) is 17.8 Å². The third-order valence-electron chi connectivity index (χ3n) is 7.94. The van der Waals surface area contributed by atoms with E-state index < -0.39 is 36.0 Å². The Morgan fingerprint density at radius 2 is 1.76 bits per heavy atom. The van der Waals surface area contributed by atoms with Crippen molar-refractivity contribution in [2.24, 2.45) is 17.8 Å². The number of cyclic esters (lactones) is 1. The molecule has 2 aliphatic heterocycles. The molecular weight excluding hydrogens is 642 g/mol. The number of aldehydes is 1. The van der Waals surface area contributed by atoms with Gasteiger partial charge in [0.2, 0.25) is 0 Å². The van der Waals surface area contributed by atoms with Gasteiger partial charge in [-0.1, -0.05) is 41.0 Å². The summed E-state index contributed by atoms with van der Waals surface area (Å²) in [5.74, 6) is -2.15. The molecule has 2 fully saturated rings. The van der Waals surface area contributed by atoms with Gasteiger partial charge in [0.05, 0.1) is 31.1 Å².